The topological polar surface area (TPSA) is 47.6 Å². The minimum absolute atomic E-state index is 0.0444. The zero-order chi connectivity index (χ0) is 15.8. The average Bonchev–Trinajstić information content (AvgIpc) is 2.54. The third-order valence-corrected chi connectivity index (χ3v) is 3.26. The van der Waals surface area contributed by atoms with Crippen LogP contribution in [-0.4, -0.2) is 26.2 Å². The molecule has 0 saturated heterocycles. The molecule has 2 aromatic carbocycles. The molecule has 0 heterocycles. The Kier molecular flexibility index (Phi) is 5.83. The van der Waals surface area contributed by atoms with E-state index in [-0.39, 0.29) is 5.91 Å². The molecule has 0 bridgehead atoms. The summed E-state index contributed by atoms with van der Waals surface area (Å²) in [6.45, 7) is 2.95. The lowest BCUT2D eigenvalue weighted by molar-refractivity contribution is -0.120. The lowest BCUT2D eigenvalue weighted by atomic mass is 10.1. The standard InChI is InChI=1S/C18H21NO3/c1-14-7-9-16(10-8-14)22-12-11-19-18(20)13-15-5-3-4-6-17(15)21-2/h3-10H,11-13H2,1-2H3,(H,19,20). The number of para-hydroxylation sites is 1. The number of aryl methyl sites for hydroxylation is 1. The summed E-state index contributed by atoms with van der Waals surface area (Å²) in [5.41, 5.74) is 2.07. The molecule has 0 aromatic heterocycles. The molecule has 0 radical (unpaired) electrons. The molecule has 0 atom stereocenters. The van der Waals surface area contributed by atoms with Gasteiger partial charge in [-0.25, -0.2) is 0 Å². The predicted octanol–water partition coefficient (Wildman–Crippen LogP) is 2.74. The number of hydrogen-bond donors (Lipinski definition) is 1. The molecule has 0 saturated carbocycles. The Hall–Kier alpha value is -2.49. The number of ether oxygens (including phenoxy) is 2. The summed E-state index contributed by atoms with van der Waals surface area (Å²) in [5, 5.41) is 2.84. The number of carbonyl (C=O) groups is 1. The molecule has 4 heteroatoms. The molecule has 1 N–H and O–H groups in total. The van der Waals surface area contributed by atoms with Crippen molar-refractivity contribution >= 4 is 5.91 Å². The maximum absolute atomic E-state index is 11.9. The highest BCUT2D eigenvalue weighted by Gasteiger charge is 2.07. The number of benzene rings is 2. The van der Waals surface area contributed by atoms with Crippen molar-refractivity contribution in [3.05, 3.63) is 59.7 Å². The maximum Gasteiger partial charge on any atom is 0.224 e. The van der Waals surface area contributed by atoms with Gasteiger partial charge in [0, 0.05) is 5.56 Å². The lowest BCUT2D eigenvalue weighted by Gasteiger charge is -2.10. The molecule has 0 unspecified atom stereocenters. The van der Waals surface area contributed by atoms with Gasteiger partial charge in [0.2, 0.25) is 5.91 Å². The second-order valence-electron chi connectivity index (χ2n) is 5.00. The molecule has 0 spiro atoms. The fourth-order valence-electron chi connectivity index (χ4n) is 2.08. The SMILES string of the molecule is COc1ccccc1CC(=O)NCCOc1ccc(C)cc1. The van der Waals surface area contributed by atoms with Crippen LogP contribution in [0.1, 0.15) is 11.1 Å². The van der Waals surface area contributed by atoms with Crippen molar-refractivity contribution in [2.75, 3.05) is 20.3 Å². The molecule has 1 amide bonds. The largest absolute Gasteiger partial charge is 0.496 e. The van der Waals surface area contributed by atoms with Crippen LogP contribution >= 0.6 is 0 Å². The number of methoxy groups -OCH3 is 1. The van der Waals surface area contributed by atoms with Gasteiger partial charge < -0.3 is 14.8 Å². The molecular formula is C18H21NO3. The summed E-state index contributed by atoms with van der Waals surface area (Å²) < 4.78 is 10.8. The van der Waals surface area contributed by atoms with E-state index >= 15 is 0 Å². The van der Waals surface area contributed by atoms with Crippen molar-refractivity contribution < 1.29 is 14.3 Å². The molecule has 4 nitrogen and oxygen atoms in total. The predicted molar refractivity (Wildman–Crippen MR) is 86.4 cm³/mol. The van der Waals surface area contributed by atoms with Gasteiger partial charge in [-0.1, -0.05) is 35.9 Å². The van der Waals surface area contributed by atoms with Gasteiger partial charge in [-0.2, -0.15) is 0 Å². The summed E-state index contributed by atoms with van der Waals surface area (Å²) in [5.74, 6) is 1.50. The van der Waals surface area contributed by atoms with Crippen molar-refractivity contribution in [3.8, 4) is 11.5 Å². The summed E-state index contributed by atoms with van der Waals surface area (Å²) >= 11 is 0. The second-order valence-corrected chi connectivity index (χ2v) is 5.00. The first-order chi connectivity index (χ1) is 10.7. The zero-order valence-corrected chi connectivity index (χ0v) is 13.0. The Morgan fingerprint density at radius 3 is 2.55 bits per heavy atom. The van der Waals surface area contributed by atoms with Crippen LogP contribution < -0.4 is 14.8 Å². The van der Waals surface area contributed by atoms with E-state index in [0.717, 1.165) is 17.1 Å². The smallest absolute Gasteiger partial charge is 0.224 e. The number of carbonyl (C=O) groups excluding carboxylic acids is 1. The number of hydrogen-bond acceptors (Lipinski definition) is 3. The van der Waals surface area contributed by atoms with E-state index in [4.69, 9.17) is 9.47 Å². The summed E-state index contributed by atoms with van der Waals surface area (Å²) in [6.07, 6.45) is 0.300. The van der Waals surface area contributed by atoms with E-state index in [1.54, 1.807) is 7.11 Å². The molecule has 0 aliphatic heterocycles. The Bertz CT molecular complexity index is 608. The molecule has 2 rings (SSSR count). The van der Waals surface area contributed by atoms with Gasteiger partial charge >= 0.3 is 0 Å². The van der Waals surface area contributed by atoms with E-state index in [2.05, 4.69) is 5.32 Å². The molecule has 22 heavy (non-hydrogen) atoms. The van der Waals surface area contributed by atoms with Crippen LogP contribution in [0.25, 0.3) is 0 Å². The van der Waals surface area contributed by atoms with Gasteiger partial charge in [-0.15, -0.1) is 0 Å². The van der Waals surface area contributed by atoms with Gasteiger partial charge in [-0.05, 0) is 25.1 Å². The fourth-order valence-corrected chi connectivity index (χ4v) is 2.08. The highest BCUT2D eigenvalue weighted by Crippen LogP contribution is 2.17. The van der Waals surface area contributed by atoms with Crippen LogP contribution in [0.5, 0.6) is 11.5 Å². The van der Waals surface area contributed by atoms with Crippen molar-refractivity contribution in [1.29, 1.82) is 0 Å². The Labute approximate surface area is 131 Å². The van der Waals surface area contributed by atoms with E-state index in [1.165, 1.54) is 5.56 Å². The highest BCUT2D eigenvalue weighted by molar-refractivity contribution is 5.79. The summed E-state index contributed by atoms with van der Waals surface area (Å²) in [4.78, 5) is 11.9. The molecular weight excluding hydrogens is 278 g/mol. The van der Waals surface area contributed by atoms with Gasteiger partial charge in [0.15, 0.2) is 0 Å². The lowest BCUT2D eigenvalue weighted by Crippen LogP contribution is -2.29. The maximum atomic E-state index is 11.9. The van der Waals surface area contributed by atoms with Crippen LogP contribution in [0.15, 0.2) is 48.5 Å². The summed E-state index contributed by atoms with van der Waals surface area (Å²) in [7, 11) is 1.60. The van der Waals surface area contributed by atoms with E-state index in [9.17, 15) is 4.79 Å². The van der Waals surface area contributed by atoms with E-state index in [1.807, 2.05) is 55.5 Å². The van der Waals surface area contributed by atoms with Crippen LogP contribution in [0.4, 0.5) is 0 Å². The van der Waals surface area contributed by atoms with Gasteiger partial charge in [0.05, 0.1) is 20.1 Å². The molecule has 0 aliphatic rings. The fraction of sp³-hybridized carbons (Fsp3) is 0.278. The van der Waals surface area contributed by atoms with Crippen LogP contribution in [0, 0.1) is 6.92 Å². The third kappa shape index (κ3) is 4.81. The molecule has 116 valence electrons. The van der Waals surface area contributed by atoms with Crippen molar-refractivity contribution in [2.45, 2.75) is 13.3 Å². The monoisotopic (exact) mass is 299 g/mol. The first-order valence-corrected chi connectivity index (χ1v) is 7.27. The highest BCUT2D eigenvalue weighted by atomic mass is 16.5. The van der Waals surface area contributed by atoms with Gasteiger partial charge in [-0.3, -0.25) is 4.79 Å². The molecule has 0 fully saturated rings. The minimum Gasteiger partial charge on any atom is -0.496 e. The quantitative estimate of drug-likeness (QED) is 0.800. The molecule has 2 aromatic rings. The summed E-state index contributed by atoms with van der Waals surface area (Å²) in [6, 6.07) is 15.4. The Morgan fingerprint density at radius 2 is 1.82 bits per heavy atom. The molecule has 0 aliphatic carbocycles. The van der Waals surface area contributed by atoms with Crippen LogP contribution in [0.2, 0.25) is 0 Å². The van der Waals surface area contributed by atoms with Gasteiger partial charge in [0.25, 0.3) is 0 Å². The average molecular weight is 299 g/mol. The second kappa shape index (κ2) is 8.08. The van der Waals surface area contributed by atoms with Crippen LogP contribution in [-0.2, 0) is 11.2 Å². The Morgan fingerprint density at radius 1 is 1.09 bits per heavy atom. The number of amides is 1. The van der Waals surface area contributed by atoms with Crippen LogP contribution in [0.3, 0.4) is 0 Å². The van der Waals surface area contributed by atoms with Crippen molar-refractivity contribution in [1.82, 2.24) is 5.32 Å². The third-order valence-electron chi connectivity index (χ3n) is 3.26. The van der Waals surface area contributed by atoms with Crippen molar-refractivity contribution in [2.24, 2.45) is 0 Å². The van der Waals surface area contributed by atoms with Gasteiger partial charge in [0.1, 0.15) is 18.1 Å². The number of rotatable bonds is 7. The zero-order valence-electron chi connectivity index (χ0n) is 13.0. The number of nitrogens with one attached hydrogen (secondary N) is 1. The van der Waals surface area contributed by atoms with E-state index in [0.29, 0.717) is 19.6 Å². The van der Waals surface area contributed by atoms with E-state index < -0.39 is 0 Å². The Balaban J connectivity index is 1.72. The first-order valence-electron chi connectivity index (χ1n) is 7.27. The van der Waals surface area contributed by atoms with Crippen molar-refractivity contribution in [3.63, 3.8) is 0 Å². The normalized spacial score (nSPS) is 10.1. The minimum atomic E-state index is -0.0444. The first kappa shape index (κ1) is 15.9.